The van der Waals surface area contributed by atoms with Gasteiger partial charge in [0.1, 0.15) is 5.82 Å². The van der Waals surface area contributed by atoms with Crippen molar-refractivity contribution in [3.63, 3.8) is 0 Å². The minimum Gasteiger partial charge on any atom is -0.607 e. The summed E-state index contributed by atoms with van der Waals surface area (Å²) in [7, 11) is 3.73. The second-order valence-electron chi connectivity index (χ2n) is 5.56. The molecule has 0 fully saturated rings. The first-order valence-electron chi connectivity index (χ1n) is 7.50. The second-order valence-corrected chi connectivity index (χ2v) is 6.96. The topological polar surface area (TPSA) is 44.1 Å². The van der Waals surface area contributed by atoms with E-state index in [1.54, 1.807) is 29.0 Å². The molecule has 124 valence electrons. The number of imidazole rings is 1. The Bertz CT molecular complexity index is 807. The highest BCUT2D eigenvalue weighted by Gasteiger charge is 2.33. The first-order chi connectivity index (χ1) is 11.6. The summed E-state index contributed by atoms with van der Waals surface area (Å²) >= 11 is -1.48. The Morgan fingerprint density at radius 1 is 1.08 bits per heavy atom. The van der Waals surface area contributed by atoms with Gasteiger partial charge < -0.3 is 4.55 Å². The normalized spacial score (nSPS) is 13.9. The third-order valence-electron chi connectivity index (χ3n) is 3.66. The average Bonchev–Trinajstić information content (AvgIpc) is 3.05. The predicted molar refractivity (Wildman–Crippen MR) is 92.8 cm³/mol. The zero-order valence-electron chi connectivity index (χ0n) is 13.5. The molecular formula is C18H18FN3OS. The zero-order chi connectivity index (χ0) is 17.1. The van der Waals surface area contributed by atoms with Crippen molar-refractivity contribution in [2.45, 2.75) is 10.5 Å². The van der Waals surface area contributed by atoms with Crippen LogP contribution in [0.15, 0.2) is 72.1 Å². The van der Waals surface area contributed by atoms with E-state index in [0.717, 1.165) is 5.56 Å². The molecule has 0 saturated heterocycles. The lowest BCUT2D eigenvalue weighted by atomic mass is 10.2. The first kappa shape index (κ1) is 16.7. The van der Waals surface area contributed by atoms with E-state index in [1.165, 1.54) is 12.3 Å². The maximum absolute atomic E-state index is 14.1. The Morgan fingerprint density at radius 3 is 2.42 bits per heavy atom. The summed E-state index contributed by atoms with van der Waals surface area (Å²) in [5.74, 6) is -0.380. The molecule has 0 bridgehead atoms. The van der Waals surface area contributed by atoms with Gasteiger partial charge in [-0.3, -0.25) is 9.47 Å². The molecule has 2 unspecified atom stereocenters. The number of aromatic nitrogens is 2. The van der Waals surface area contributed by atoms with Gasteiger partial charge in [0.2, 0.25) is 5.37 Å². The highest BCUT2D eigenvalue weighted by atomic mass is 32.2. The van der Waals surface area contributed by atoms with Crippen LogP contribution in [0.25, 0.3) is 5.69 Å². The number of hydrogen-bond donors (Lipinski definition) is 0. The first-order valence-corrected chi connectivity index (χ1v) is 8.71. The van der Waals surface area contributed by atoms with Crippen molar-refractivity contribution in [3.8, 4) is 5.69 Å². The van der Waals surface area contributed by atoms with E-state index in [0.29, 0.717) is 10.8 Å². The van der Waals surface area contributed by atoms with Crippen LogP contribution < -0.4 is 0 Å². The highest BCUT2D eigenvalue weighted by molar-refractivity contribution is 7.91. The molecule has 3 aromatic rings. The molecule has 0 aliphatic heterocycles. The van der Waals surface area contributed by atoms with Gasteiger partial charge in [0, 0.05) is 22.9 Å². The minimum atomic E-state index is -1.48. The van der Waals surface area contributed by atoms with Crippen molar-refractivity contribution in [1.29, 1.82) is 0 Å². The van der Waals surface area contributed by atoms with E-state index in [-0.39, 0.29) is 11.2 Å². The van der Waals surface area contributed by atoms with Gasteiger partial charge in [0.25, 0.3) is 0 Å². The fourth-order valence-corrected chi connectivity index (χ4v) is 4.10. The SMILES string of the molecule is CN(C)C(c1ccccc1)[S+]([O-])c1nccn1-c1ccccc1F. The van der Waals surface area contributed by atoms with Crippen molar-refractivity contribution >= 4 is 11.2 Å². The van der Waals surface area contributed by atoms with Crippen LogP contribution in [-0.2, 0) is 11.2 Å². The Kier molecular flexibility index (Phi) is 4.99. The van der Waals surface area contributed by atoms with Gasteiger partial charge in [-0.05, 0) is 26.2 Å². The summed E-state index contributed by atoms with van der Waals surface area (Å²) in [4.78, 5) is 6.11. The number of halogens is 1. The number of nitrogens with zero attached hydrogens (tertiary/aromatic N) is 3. The standard InChI is InChI=1S/C18H18FN3OS/c1-21(2)17(14-8-4-3-5-9-14)24(23)18-20-12-13-22(18)16-11-7-6-10-15(16)19/h3-13,17H,1-2H3. The Hall–Kier alpha value is -2.15. The monoisotopic (exact) mass is 343 g/mol. The van der Waals surface area contributed by atoms with Crippen LogP contribution in [-0.4, -0.2) is 33.1 Å². The van der Waals surface area contributed by atoms with Crippen molar-refractivity contribution in [3.05, 3.63) is 78.4 Å². The van der Waals surface area contributed by atoms with Gasteiger partial charge in [0.05, 0.1) is 11.9 Å². The molecule has 0 saturated carbocycles. The van der Waals surface area contributed by atoms with E-state index in [4.69, 9.17) is 0 Å². The lowest BCUT2D eigenvalue weighted by molar-refractivity contribution is 0.368. The third kappa shape index (κ3) is 3.21. The van der Waals surface area contributed by atoms with Crippen LogP contribution in [0.5, 0.6) is 0 Å². The van der Waals surface area contributed by atoms with Gasteiger partial charge in [-0.25, -0.2) is 4.39 Å². The summed E-state index contributed by atoms with van der Waals surface area (Å²) in [5.41, 5.74) is 1.26. The summed E-state index contributed by atoms with van der Waals surface area (Å²) in [6.07, 6.45) is 3.17. The van der Waals surface area contributed by atoms with E-state index in [9.17, 15) is 8.94 Å². The smallest absolute Gasteiger partial charge is 0.329 e. The van der Waals surface area contributed by atoms with Crippen molar-refractivity contribution in [2.24, 2.45) is 0 Å². The number of rotatable bonds is 5. The Morgan fingerprint density at radius 2 is 1.75 bits per heavy atom. The van der Waals surface area contributed by atoms with E-state index >= 15 is 0 Å². The van der Waals surface area contributed by atoms with Gasteiger partial charge in [0.15, 0.2) is 0 Å². The maximum Gasteiger partial charge on any atom is 0.329 e. The number of hydrogen-bond acceptors (Lipinski definition) is 3. The molecular weight excluding hydrogens is 325 g/mol. The van der Waals surface area contributed by atoms with E-state index in [1.807, 2.05) is 49.3 Å². The summed E-state index contributed by atoms with van der Waals surface area (Å²) < 4.78 is 28.9. The molecule has 0 radical (unpaired) electrons. The van der Waals surface area contributed by atoms with Crippen molar-refractivity contribution < 1.29 is 8.94 Å². The fourth-order valence-electron chi connectivity index (χ4n) is 2.60. The molecule has 3 rings (SSSR count). The molecule has 0 amide bonds. The van der Waals surface area contributed by atoms with Gasteiger partial charge in [-0.2, -0.15) is 4.98 Å². The Labute approximate surface area is 143 Å². The lowest BCUT2D eigenvalue weighted by Crippen LogP contribution is -2.29. The van der Waals surface area contributed by atoms with Crippen LogP contribution in [0.4, 0.5) is 4.39 Å². The van der Waals surface area contributed by atoms with Gasteiger partial charge in [-0.15, -0.1) is 0 Å². The number of para-hydroxylation sites is 1. The van der Waals surface area contributed by atoms with Gasteiger partial charge >= 0.3 is 5.16 Å². The molecule has 2 atom stereocenters. The molecule has 24 heavy (non-hydrogen) atoms. The van der Waals surface area contributed by atoms with Crippen molar-refractivity contribution in [2.75, 3.05) is 14.1 Å². The van der Waals surface area contributed by atoms with E-state index in [2.05, 4.69) is 4.98 Å². The molecule has 6 heteroatoms. The molecule has 2 aromatic carbocycles. The second kappa shape index (κ2) is 7.17. The minimum absolute atomic E-state index is 0.322. The molecule has 0 aliphatic rings. The third-order valence-corrected chi connectivity index (χ3v) is 5.42. The zero-order valence-corrected chi connectivity index (χ0v) is 14.3. The van der Waals surface area contributed by atoms with E-state index < -0.39 is 11.2 Å². The fraction of sp³-hybridized carbons (Fsp3) is 0.167. The molecule has 1 heterocycles. The highest BCUT2D eigenvalue weighted by Crippen LogP contribution is 2.31. The summed E-state index contributed by atoms with van der Waals surface area (Å²) in [6.45, 7) is 0. The van der Waals surface area contributed by atoms with Crippen LogP contribution in [0, 0.1) is 5.82 Å². The van der Waals surface area contributed by atoms with Gasteiger partial charge in [-0.1, -0.05) is 42.5 Å². The Balaban J connectivity index is 2.03. The molecule has 0 spiro atoms. The van der Waals surface area contributed by atoms with Crippen LogP contribution in [0.3, 0.4) is 0 Å². The average molecular weight is 343 g/mol. The van der Waals surface area contributed by atoms with Crippen LogP contribution in [0.2, 0.25) is 0 Å². The largest absolute Gasteiger partial charge is 0.607 e. The molecule has 1 aromatic heterocycles. The molecule has 0 N–H and O–H groups in total. The predicted octanol–water partition coefficient (Wildman–Crippen LogP) is 3.38. The molecule has 4 nitrogen and oxygen atoms in total. The van der Waals surface area contributed by atoms with Crippen LogP contribution in [0.1, 0.15) is 10.9 Å². The quantitative estimate of drug-likeness (QED) is 0.667. The molecule has 0 aliphatic carbocycles. The lowest BCUT2D eigenvalue weighted by Gasteiger charge is -2.26. The number of benzene rings is 2. The van der Waals surface area contributed by atoms with Crippen molar-refractivity contribution in [1.82, 2.24) is 14.5 Å². The van der Waals surface area contributed by atoms with Crippen LogP contribution >= 0.6 is 0 Å². The summed E-state index contributed by atoms with van der Waals surface area (Å²) in [6, 6.07) is 16.0. The summed E-state index contributed by atoms with van der Waals surface area (Å²) in [5, 5.41) is -0.0539. The maximum atomic E-state index is 14.1.